The Morgan fingerprint density at radius 2 is 1.91 bits per heavy atom. The second-order valence-corrected chi connectivity index (χ2v) is 6.11. The van der Waals surface area contributed by atoms with Crippen molar-refractivity contribution in [3.63, 3.8) is 0 Å². The molecule has 6 nitrogen and oxygen atoms in total. The highest BCUT2D eigenvalue weighted by Crippen LogP contribution is 2.16. The molecule has 2 aromatic rings. The van der Waals surface area contributed by atoms with Crippen LogP contribution in [0, 0.1) is 15.9 Å². The van der Waals surface area contributed by atoms with Crippen LogP contribution in [-0.2, 0) is 10.8 Å². The zero-order valence-corrected chi connectivity index (χ0v) is 12.7. The van der Waals surface area contributed by atoms with Gasteiger partial charge in [-0.2, -0.15) is 0 Å². The van der Waals surface area contributed by atoms with E-state index < -0.39 is 33.1 Å². The minimum atomic E-state index is -1.27. The van der Waals surface area contributed by atoms with Crippen LogP contribution < -0.4 is 5.32 Å². The monoisotopic (exact) mass is 336 g/mol. The summed E-state index contributed by atoms with van der Waals surface area (Å²) in [6.45, 7) is 0.0940. The number of halogens is 1. The molecule has 0 aliphatic rings. The summed E-state index contributed by atoms with van der Waals surface area (Å²) in [6, 6.07) is 11.6. The number of nitro groups is 1. The van der Waals surface area contributed by atoms with Crippen molar-refractivity contribution in [1.29, 1.82) is 0 Å². The largest absolute Gasteiger partial charge is 0.351 e. The molecular weight excluding hydrogens is 323 g/mol. The first-order valence-corrected chi connectivity index (χ1v) is 7.96. The third kappa shape index (κ3) is 4.43. The van der Waals surface area contributed by atoms with Crippen molar-refractivity contribution in [1.82, 2.24) is 5.32 Å². The first kappa shape index (κ1) is 16.8. The summed E-state index contributed by atoms with van der Waals surface area (Å²) < 4.78 is 25.6. The van der Waals surface area contributed by atoms with E-state index >= 15 is 0 Å². The fraction of sp³-hybridized carbons (Fsp3) is 0.133. The normalized spacial score (nSPS) is 11.7. The average Bonchev–Trinajstić information content (AvgIpc) is 2.55. The van der Waals surface area contributed by atoms with Crippen molar-refractivity contribution in [2.75, 3.05) is 12.3 Å². The smallest absolute Gasteiger partial charge is 0.272 e. The van der Waals surface area contributed by atoms with Gasteiger partial charge in [0.05, 0.1) is 27.4 Å². The lowest BCUT2D eigenvalue weighted by Gasteiger charge is -2.06. The zero-order valence-electron chi connectivity index (χ0n) is 11.9. The lowest BCUT2D eigenvalue weighted by atomic mass is 10.2. The third-order valence-electron chi connectivity index (χ3n) is 2.99. The molecule has 1 N–H and O–H groups in total. The predicted molar refractivity (Wildman–Crippen MR) is 83.1 cm³/mol. The molecule has 0 saturated carbocycles. The molecule has 0 aliphatic heterocycles. The quantitative estimate of drug-likeness (QED) is 0.647. The Bertz CT molecular complexity index is 752. The summed E-state index contributed by atoms with van der Waals surface area (Å²) in [5, 5.41) is 13.0. The molecule has 0 saturated heterocycles. The van der Waals surface area contributed by atoms with Crippen LogP contribution in [0.3, 0.4) is 0 Å². The van der Waals surface area contributed by atoms with Crippen LogP contribution in [0.25, 0.3) is 0 Å². The molecular formula is C15H13FN2O4S. The summed E-state index contributed by atoms with van der Waals surface area (Å²) in [5.41, 5.74) is -0.717. The van der Waals surface area contributed by atoms with Crippen LogP contribution in [0.2, 0.25) is 0 Å². The number of hydrogen-bond acceptors (Lipinski definition) is 4. The topological polar surface area (TPSA) is 89.3 Å². The summed E-state index contributed by atoms with van der Waals surface area (Å²) >= 11 is 0. The minimum absolute atomic E-state index is 0.0940. The van der Waals surface area contributed by atoms with Crippen LogP contribution in [0.5, 0.6) is 0 Å². The Kier molecular flexibility index (Phi) is 5.53. The van der Waals surface area contributed by atoms with E-state index in [1.54, 1.807) is 30.3 Å². The van der Waals surface area contributed by atoms with Gasteiger partial charge in [0, 0.05) is 23.3 Å². The van der Waals surface area contributed by atoms with Crippen LogP contribution in [0.4, 0.5) is 10.1 Å². The van der Waals surface area contributed by atoms with Gasteiger partial charge in [-0.25, -0.2) is 4.39 Å². The number of carbonyl (C=O) groups is 1. The number of nitrogens with zero attached hydrogens (tertiary/aromatic N) is 1. The molecule has 2 rings (SSSR count). The average molecular weight is 336 g/mol. The van der Waals surface area contributed by atoms with Gasteiger partial charge in [0.25, 0.3) is 11.6 Å². The highest BCUT2D eigenvalue weighted by Gasteiger charge is 2.16. The second-order valence-electron chi connectivity index (χ2n) is 4.54. The van der Waals surface area contributed by atoms with Gasteiger partial charge >= 0.3 is 0 Å². The molecule has 1 atom stereocenters. The standard InChI is InChI=1S/C15H13FN2O4S/c16-14-10-11(18(20)21)6-7-13(14)15(19)17-8-9-23(22)12-4-2-1-3-5-12/h1-7,10H,8-9H2,(H,17,19)/t23-/m1/s1. The Morgan fingerprint density at radius 3 is 2.52 bits per heavy atom. The summed E-state index contributed by atoms with van der Waals surface area (Å²) in [7, 11) is -1.27. The first-order valence-electron chi connectivity index (χ1n) is 6.64. The number of amides is 1. The maximum absolute atomic E-state index is 13.7. The lowest BCUT2D eigenvalue weighted by molar-refractivity contribution is -0.385. The molecule has 2 aromatic carbocycles. The molecule has 1 amide bonds. The van der Waals surface area contributed by atoms with Crippen molar-refractivity contribution in [2.45, 2.75) is 4.90 Å². The van der Waals surface area contributed by atoms with Gasteiger partial charge in [0.15, 0.2) is 0 Å². The van der Waals surface area contributed by atoms with Gasteiger partial charge in [-0.05, 0) is 18.2 Å². The summed E-state index contributed by atoms with van der Waals surface area (Å²) in [6.07, 6.45) is 0. The number of nitro benzene ring substituents is 1. The van der Waals surface area contributed by atoms with Gasteiger partial charge in [-0.15, -0.1) is 0 Å². The third-order valence-corrected chi connectivity index (χ3v) is 4.36. The highest BCUT2D eigenvalue weighted by atomic mass is 32.2. The molecule has 0 heterocycles. The van der Waals surface area contributed by atoms with Crippen LogP contribution >= 0.6 is 0 Å². The minimum Gasteiger partial charge on any atom is -0.351 e. The van der Waals surface area contributed by atoms with E-state index in [9.17, 15) is 23.5 Å². The highest BCUT2D eigenvalue weighted by molar-refractivity contribution is 7.85. The van der Waals surface area contributed by atoms with Crippen molar-refractivity contribution >= 4 is 22.4 Å². The Labute approximate surface area is 133 Å². The second kappa shape index (κ2) is 7.59. The zero-order chi connectivity index (χ0) is 16.8. The molecule has 0 fully saturated rings. The van der Waals surface area contributed by atoms with Gasteiger partial charge in [-0.1, -0.05) is 18.2 Å². The SMILES string of the molecule is O=C(NCC[S@@](=O)c1ccccc1)c1ccc([N+](=O)[O-])cc1F. The van der Waals surface area contributed by atoms with Gasteiger partial charge in [0.1, 0.15) is 5.82 Å². The Morgan fingerprint density at radius 1 is 1.22 bits per heavy atom. The number of nitrogens with one attached hydrogen (secondary N) is 1. The number of benzene rings is 2. The molecule has 0 radical (unpaired) electrons. The van der Waals surface area contributed by atoms with Crippen LogP contribution in [0.15, 0.2) is 53.4 Å². The van der Waals surface area contributed by atoms with E-state index in [1.807, 2.05) is 0 Å². The molecule has 0 spiro atoms. The molecule has 120 valence electrons. The van der Waals surface area contributed by atoms with Crippen molar-refractivity contribution in [3.8, 4) is 0 Å². The number of carbonyl (C=O) groups excluding carboxylic acids is 1. The summed E-state index contributed by atoms with van der Waals surface area (Å²) in [5.74, 6) is -1.49. The van der Waals surface area contributed by atoms with Crippen LogP contribution in [-0.4, -0.2) is 27.3 Å². The molecule has 0 aromatic heterocycles. The maximum Gasteiger partial charge on any atom is 0.272 e. The fourth-order valence-corrected chi connectivity index (χ4v) is 2.83. The van der Waals surface area contributed by atoms with Crippen molar-refractivity contribution in [3.05, 3.63) is 70.0 Å². The number of non-ortho nitro benzene ring substituents is 1. The van der Waals surface area contributed by atoms with Gasteiger partial charge < -0.3 is 5.32 Å². The van der Waals surface area contributed by atoms with E-state index in [-0.39, 0.29) is 17.9 Å². The van der Waals surface area contributed by atoms with E-state index in [4.69, 9.17) is 0 Å². The van der Waals surface area contributed by atoms with E-state index in [2.05, 4.69) is 5.32 Å². The maximum atomic E-state index is 13.7. The molecule has 23 heavy (non-hydrogen) atoms. The van der Waals surface area contributed by atoms with Crippen LogP contribution in [0.1, 0.15) is 10.4 Å². The first-order chi connectivity index (χ1) is 11.0. The van der Waals surface area contributed by atoms with E-state index in [0.717, 1.165) is 12.1 Å². The molecule has 0 unspecified atom stereocenters. The van der Waals surface area contributed by atoms with Crippen molar-refractivity contribution in [2.24, 2.45) is 0 Å². The number of hydrogen-bond donors (Lipinski definition) is 1. The fourth-order valence-electron chi connectivity index (χ4n) is 1.84. The van der Waals surface area contributed by atoms with Gasteiger partial charge in [-0.3, -0.25) is 19.1 Å². The summed E-state index contributed by atoms with van der Waals surface area (Å²) in [4.78, 5) is 22.3. The Hall–Kier alpha value is -2.61. The molecule has 0 bridgehead atoms. The lowest BCUT2D eigenvalue weighted by Crippen LogP contribution is -2.28. The van der Waals surface area contributed by atoms with Gasteiger partial charge in [0.2, 0.25) is 0 Å². The predicted octanol–water partition coefficient (Wildman–Crippen LogP) is 2.27. The van der Waals surface area contributed by atoms with E-state index in [0.29, 0.717) is 11.0 Å². The van der Waals surface area contributed by atoms with Crippen molar-refractivity contribution < 1.29 is 18.3 Å². The molecule has 8 heteroatoms. The number of rotatable bonds is 6. The molecule has 0 aliphatic carbocycles. The van der Waals surface area contributed by atoms with E-state index in [1.165, 1.54) is 0 Å². The Balaban J connectivity index is 1.93.